The molecule has 2 aromatic carbocycles. The molecule has 2 atom stereocenters. The third kappa shape index (κ3) is 4.21. The average Bonchev–Trinajstić information content (AvgIpc) is 3.09. The number of halogens is 1. The van der Waals surface area contributed by atoms with Crippen molar-refractivity contribution < 1.29 is 9.18 Å². The highest BCUT2D eigenvalue weighted by Crippen LogP contribution is 2.34. The minimum Gasteiger partial charge on any atom is -0.361 e. The molecule has 1 aromatic heterocycles. The second-order valence-electron chi connectivity index (χ2n) is 7.13. The number of aryl methyl sites for hydroxylation is 1. The van der Waals surface area contributed by atoms with Gasteiger partial charge in [0.2, 0.25) is 5.91 Å². The number of H-pyrrole nitrogens is 1. The van der Waals surface area contributed by atoms with Crippen molar-refractivity contribution >= 4 is 16.8 Å². The molecule has 0 aliphatic carbocycles. The average molecular weight is 366 g/mol. The minimum absolute atomic E-state index is 0.0143. The third-order valence-corrected chi connectivity index (χ3v) is 5.25. The summed E-state index contributed by atoms with van der Waals surface area (Å²) >= 11 is 0. The molecule has 1 amide bonds. The number of carbonyl (C=O) groups is 1. The summed E-state index contributed by atoms with van der Waals surface area (Å²) in [5.74, 6) is -0.501. The number of rotatable bonds is 7. The summed E-state index contributed by atoms with van der Waals surface area (Å²) in [6.07, 6.45) is 4.06. The quantitative estimate of drug-likeness (QED) is 0.585. The number of fused-ring (bicyclic) bond motifs is 1. The van der Waals surface area contributed by atoms with Crippen molar-refractivity contribution in [1.82, 2.24) is 10.3 Å². The molecule has 0 saturated carbocycles. The van der Waals surface area contributed by atoms with Crippen molar-refractivity contribution in [2.24, 2.45) is 0 Å². The van der Waals surface area contributed by atoms with Gasteiger partial charge in [0.1, 0.15) is 5.82 Å². The van der Waals surface area contributed by atoms with Gasteiger partial charge < -0.3 is 10.3 Å². The van der Waals surface area contributed by atoms with Crippen LogP contribution < -0.4 is 5.32 Å². The molecule has 142 valence electrons. The summed E-state index contributed by atoms with van der Waals surface area (Å²) in [4.78, 5) is 16.0. The van der Waals surface area contributed by atoms with E-state index in [1.165, 1.54) is 17.7 Å². The minimum atomic E-state index is -0.283. The third-order valence-electron chi connectivity index (χ3n) is 5.25. The van der Waals surface area contributed by atoms with Gasteiger partial charge in [0, 0.05) is 35.5 Å². The Morgan fingerprint density at radius 1 is 1.19 bits per heavy atom. The van der Waals surface area contributed by atoms with Crippen LogP contribution in [0.25, 0.3) is 10.9 Å². The monoisotopic (exact) mass is 366 g/mol. The Hall–Kier alpha value is -2.62. The van der Waals surface area contributed by atoms with E-state index in [0.29, 0.717) is 0 Å². The van der Waals surface area contributed by atoms with E-state index >= 15 is 0 Å². The molecule has 0 aliphatic heterocycles. The fourth-order valence-corrected chi connectivity index (χ4v) is 3.57. The Morgan fingerprint density at radius 3 is 2.67 bits per heavy atom. The van der Waals surface area contributed by atoms with Crippen molar-refractivity contribution in [3.8, 4) is 0 Å². The summed E-state index contributed by atoms with van der Waals surface area (Å²) in [5, 5.41) is 4.13. The maximum atomic E-state index is 13.9. The number of amides is 1. The molecular weight excluding hydrogens is 339 g/mol. The van der Waals surface area contributed by atoms with E-state index in [1.807, 2.05) is 32.2 Å². The molecule has 27 heavy (non-hydrogen) atoms. The predicted octanol–water partition coefficient (Wildman–Crippen LogP) is 5.31. The first kappa shape index (κ1) is 19.2. The number of aromatic nitrogens is 1. The smallest absolute Gasteiger partial charge is 0.221 e. The normalized spacial score (nSPS) is 13.5. The molecule has 0 bridgehead atoms. The van der Waals surface area contributed by atoms with E-state index in [-0.39, 0.29) is 30.1 Å². The van der Waals surface area contributed by atoms with Gasteiger partial charge in [-0.1, -0.05) is 44.2 Å². The predicted molar refractivity (Wildman–Crippen MR) is 108 cm³/mol. The number of hydrogen-bond acceptors (Lipinski definition) is 1. The lowest BCUT2D eigenvalue weighted by atomic mass is 9.87. The molecule has 0 radical (unpaired) electrons. The van der Waals surface area contributed by atoms with Crippen molar-refractivity contribution in [1.29, 1.82) is 0 Å². The lowest BCUT2D eigenvalue weighted by Crippen LogP contribution is -2.33. The fourth-order valence-electron chi connectivity index (χ4n) is 3.57. The van der Waals surface area contributed by atoms with Gasteiger partial charge in [-0.2, -0.15) is 0 Å². The van der Waals surface area contributed by atoms with Gasteiger partial charge in [0.15, 0.2) is 0 Å². The van der Waals surface area contributed by atoms with Crippen LogP contribution in [0.5, 0.6) is 0 Å². The van der Waals surface area contributed by atoms with Gasteiger partial charge in [-0.15, -0.1) is 0 Å². The first-order valence-electron chi connectivity index (χ1n) is 9.67. The lowest BCUT2D eigenvalue weighted by molar-refractivity contribution is -0.121. The van der Waals surface area contributed by atoms with Crippen molar-refractivity contribution in [2.75, 3.05) is 0 Å². The standard InChI is InChI=1S/C23H27FN2O/c1-4-15(3)26-22(27)13-20(17-9-6-10-18(24)12-17)21-14-25-23-16(5-2)8-7-11-19(21)23/h6-12,14-15,20,25H,4-5,13H2,1-3H3,(H,26,27)/t15-,20-/m0/s1. The highest BCUT2D eigenvalue weighted by molar-refractivity contribution is 5.88. The molecule has 0 spiro atoms. The first-order chi connectivity index (χ1) is 13.0. The van der Waals surface area contributed by atoms with Gasteiger partial charge in [-0.25, -0.2) is 4.39 Å². The largest absolute Gasteiger partial charge is 0.361 e. The van der Waals surface area contributed by atoms with Crippen LogP contribution in [0.4, 0.5) is 4.39 Å². The zero-order chi connectivity index (χ0) is 19.4. The van der Waals surface area contributed by atoms with E-state index in [1.54, 1.807) is 6.07 Å². The summed E-state index contributed by atoms with van der Waals surface area (Å²) in [7, 11) is 0. The van der Waals surface area contributed by atoms with E-state index in [2.05, 4.69) is 29.4 Å². The van der Waals surface area contributed by atoms with Crippen molar-refractivity contribution in [3.05, 3.63) is 71.2 Å². The number of nitrogens with one attached hydrogen (secondary N) is 2. The second-order valence-corrected chi connectivity index (χ2v) is 7.13. The molecule has 4 heteroatoms. The second kappa shape index (κ2) is 8.38. The molecule has 0 unspecified atom stereocenters. The summed E-state index contributed by atoms with van der Waals surface area (Å²) in [6.45, 7) is 6.16. The highest BCUT2D eigenvalue weighted by atomic mass is 19.1. The molecule has 0 aliphatic rings. The van der Waals surface area contributed by atoms with Crippen LogP contribution in [0.1, 0.15) is 56.2 Å². The molecule has 2 N–H and O–H groups in total. The maximum absolute atomic E-state index is 13.9. The molecule has 3 aromatic rings. The van der Waals surface area contributed by atoms with Crippen LogP contribution in [0.15, 0.2) is 48.7 Å². The number of hydrogen-bond donors (Lipinski definition) is 2. The first-order valence-corrected chi connectivity index (χ1v) is 9.67. The molecule has 3 rings (SSSR count). The van der Waals surface area contributed by atoms with Gasteiger partial charge in [0.05, 0.1) is 0 Å². The molecule has 3 nitrogen and oxygen atoms in total. The van der Waals surface area contributed by atoms with E-state index in [4.69, 9.17) is 0 Å². The Morgan fingerprint density at radius 2 is 1.96 bits per heavy atom. The van der Waals surface area contributed by atoms with Crippen LogP contribution >= 0.6 is 0 Å². The Labute approximate surface area is 160 Å². The molecule has 1 heterocycles. The zero-order valence-electron chi connectivity index (χ0n) is 16.2. The van der Waals surface area contributed by atoms with Crippen molar-refractivity contribution in [3.63, 3.8) is 0 Å². The number of para-hydroxylation sites is 1. The van der Waals surface area contributed by atoms with Gasteiger partial charge in [-0.05, 0) is 48.6 Å². The lowest BCUT2D eigenvalue weighted by Gasteiger charge is -2.19. The van der Waals surface area contributed by atoms with Crippen LogP contribution in [-0.2, 0) is 11.2 Å². The summed E-state index contributed by atoms with van der Waals surface area (Å²) < 4.78 is 13.9. The van der Waals surface area contributed by atoms with Gasteiger partial charge >= 0.3 is 0 Å². The van der Waals surface area contributed by atoms with E-state index in [0.717, 1.165) is 34.9 Å². The van der Waals surface area contributed by atoms with Crippen LogP contribution in [-0.4, -0.2) is 16.9 Å². The highest BCUT2D eigenvalue weighted by Gasteiger charge is 2.23. The molecule has 0 saturated heterocycles. The fraction of sp³-hybridized carbons (Fsp3) is 0.348. The van der Waals surface area contributed by atoms with Crippen LogP contribution in [0, 0.1) is 5.82 Å². The van der Waals surface area contributed by atoms with Gasteiger partial charge in [-0.3, -0.25) is 4.79 Å². The van der Waals surface area contributed by atoms with Crippen molar-refractivity contribution in [2.45, 2.75) is 52.0 Å². The zero-order valence-corrected chi connectivity index (χ0v) is 16.2. The Kier molecular flexibility index (Phi) is 5.94. The maximum Gasteiger partial charge on any atom is 0.221 e. The number of carbonyl (C=O) groups excluding carboxylic acids is 1. The van der Waals surface area contributed by atoms with E-state index < -0.39 is 0 Å². The van der Waals surface area contributed by atoms with Gasteiger partial charge in [0.25, 0.3) is 0 Å². The van der Waals surface area contributed by atoms with Crippen LogP contribution in [0.3, 0.4) is 0 Å². The molecule has 0 fully saturated rings. The Balaban J connectivity index is 2.03. The SMILES string of the molecule is CCc1cccc2c([C@@H](CC(=O)N[C@@H](C)CC)c3cccc(F)c3)c[nH]c12. The molecular formula is C23H27FN2O. The summed E-state index contributed by atoms with van der Waals surface area (Å²) in [6, 6.07) is 12.9. The van der Waals surface area contributed by atoms with Crippen LogP contribution in [0.2, 0.25) is 0 Å². The topological polar surface area (TPSA) is 44.9 Å². The van der Waals surface area contributed by atoms with E-state index in [9.17, 15) is 9.18 Å². The Bertz CT molecular complexity index is 931. The number of benzene rings is 2. The number of aromatic amines is 1. The summed E-state index contributed by atoms with van der Waals surface area (Å²) in [5.41, 5.74) is 4.18.